The average molecular weight is 253 g/mol. The van der Waals surface area contributed by atoms with Crippen LogP contribution in [0.4, 0.5) is 8.78 Å². The third-order valence-electron chi connectivity index (χ3n) is 2.22. The van der Waals surface area contributed by atoms with E-state index in [0.717, 1.165) is 12.1 Å². The van der Waals surface area contributed by atoms with Gasteiger partial charge in [-0.15, -0.1) is 0 Å². The molecule has 0 amide bonds. The molecule has 1 aromatic carbocycles. The zero-order valence-electron chi connectivity index (χ0n) is 9.44. The second-order valence-corrected chi connectivity index (χ2v) is 3.24. The van der Waals surface area contributed by atoms with E-state index in [0.29, 0.717) is 0 Å². The van der Waals surface area contributed by atoms with Crippen LogP contribution >= 0.6 is 0 Å². The third-order valence-corrected chi connectivity index (χ3v) is 2.22. The zero-order valence-corrected chi connectivity index (χ0v) is 9.44. The second-order valence-electron chi connectivity index (χ2n) is 3.24. The number of benzene rings is 1. The number of ether oxygens (including phenoxy) is 1. The van der Waals surface area contributed by atoms with Crippen LogP contribution in [0.15, 0.2) is 12.1 Å². The van der Waals surface area contributed by atoms with Gasteiger partial charge in [-0.05, 0) is 19.1 Å². The van der Waals surface area contributed by atoms with Gasteiger partial charge in [0.1, 0.15) is 6.07 Å². The van der Waals surface area contributed by atoms with Gasteiger partial charge in [0, 0.05) is 11.1 Å². The van der Waals surface area contributed by atoms with Gasteiger partial charge in [0.05, 0.1) is 17.7 Å². The highest BCUT2D eigenvalue weighted by Crippen LogP contribution is 2.29. The molecule has 4 nitrogen and oxygen atoms in total. The number of nitrogens with zero attached hydrogens (tertiary/aromatic N) is 1. The van der Waals surface area contributed by atoms with Crippen molar-refractivity contribution in [3.05, 3.63) is 34.4 Å². The molecule has 94 valence electrons. The van der Waals surface area contributed by atoms with Crippen molar-refractivity contribution in [2.75, 3.05) is 6.61 Å². The number of hydrogen-bond acceptors (Lipinski definition) is 4. The van der Waals surface area contributed by atoms with Crippen molar-refractivity contribution >= 4 is 12.3 Å². The van der Waals surface area contributed by atoms with Crippen LogP contribution in [0.1, 0.15) is 45.2 Å². The maximum atomic E-state index is 12.9. The monoisotopic (exact) mass is 253 g/mol. The zero-order chi connectivity index (χ0) is 13.7. The second kappa shape index (κ2) is 5.87. The van der Waals surface area contributed by atoms with Crippen molar-refractivity contribution in [2.45, 2.75) is 13.3 Å². The number of rotatable bonds is 4. The Morgan fingerprint density at radius 1 is 1.56 bits per heavy atom. The molecule has 0 aliphatic heterocycles. The van der Waals surface area contributed by atoms with Crippen molar-refractivity contribution in [2.24, 2.45) is 0 Å². The molecule has 0 aromatic heterocycles. The molecule has 1 rings (SSSR count). The van der Waals surface area contributed by atoms with E-state index < -0.39 is 23.5 Å². The Morgan fingerprint density at radius 3 is 2.67 bits per heavy atom. The minimum Gasteiger partial charge on any atom is -0.462 e. The maximum Gasteiger partial charge on any atom is 0.339 e. The van der Waals surface area contributed by atoms with E-state index in [4.69, 9.17) is 5.26 Å². The fourth-order valence-electron chi connectivity index (χ4n) is 1.49. The molecular formula is C12H9F2NO3. The average Bonchev–Trinajstić information content (AvgIpc) is 2.36. The molecule has 0 saturated carbocycles. The Labute approximate surface area is 102 Å². The smallest absolute Gasteiger partial charge is 0.339 e. The van der Waals surface area contributed by atoms with Crippen LogP contribution in [0.3, 0.4) is 0 Å². The lowest BCUT2D eigenvalue weighted by molar-refractivity contribution is 0.0515. The summed E-state index contributed by atoms with van der Waals surface area (Å²) >= 11 is 0. The summed E-state index contributed by atoms with van der Waals surface area (Å²) in [5.41, 5.74) is -1.87. The Hall–Kier alpha value is -2.29. The summed E-state index contributed by atoms with van der Waals surface area (Å²) < 4.78 is 30.5. The highest BCUT2D eigenvalue weighted by molar-refractivity contribution is 5.97. The summed E-state index contributed by atoms with van der Waals surface area (Å²) in [6.45, 7) is 1.49. The van der Waals surface area contributed by atoms with Crippen LogP contribution in [-0.2, 0) is 4.74 Å². The molecule has 0 spiro atoms. The molecule has 0 bridgehead atoms. The van der Waals surface area contributed by atoms with Gasteiger partial charge in [0.15, 0.2) is 6.29 Å². The van der Waals surface area contributed by atoms with Gasteiger partial charge in [-0.1, -0.05) is 0 Å². The van der Waals surface area contributed by atoms with Gasteiger partial charge < -0.3 is 4.74 Å². The normalized spacial score (nSPS) is 9.94. The standard InChI is InChI=1S/C12H9F2NO3/c1-2-18-12(17)10-7(5-15)3-4-8(6-16)9(10)11(13)14/h3-4,6,11H,2H2,1H3. The van der Waals surface area contributed by atoms with Crippen molar-refractivity contribution in [1.29, 1.82) is 5.26 Å². The van der Waals surface area contributed by atoms with Crippen molar-refractivity contribution in [3.8, 4) is 6.07 Å². The van der Waals surface area contributed by atoms with Crippen LogP contribution in [0.2, 0.25) is 0 Å². The molecule has 0 saturated heterocycles. The van der Waals surface area contributed by atoms with Crippen LogP contribution in [0, 0.1) is 11.3 Å². The molecule has 0 aliphatic carbocycles. The highest BCUT2D eigenvalue weighted by Gasteiger charge is 2.26. The number of aldehydes is 1. The SMILES string of the molecule is CCOC(=O)c1c(C#N)ccc(C=O)c1C(F)F. The highest BCUT2D eigenvalue weighted by atomic mass is 19.3. The van der Waals surface area contributed by atoms with E-state index in [1.54, 1.807) is 6.07 Å². The molecule has 0 N–H and O–H groups in total. The van der Waals surface area contributed by atoms with E-state index >= 15 is 0 Å². The first-order chi connectivity index (χ1) is 8.56. The van der Waals surface area contributed by atoms with Crippen LogP contribution in [-0.4, -0.2) is 18.9 Å². The van der Waals surface area contributed by atoms with Gasteiger partial charge in [-0.2, -0.15) is 5.26 Å². The predicted octanol–water partition coefficient (Wildman–Crippen LogP) is 2.49. The molecule has 0 heterocycles. The molecule has 18 heavy (non-hydrogen) atoms. The van der Waals surface area contributed by atoms with Gasteiger partial charge in [0.25, 0.3) is 6.43 Å². The molecule has 0 fully saturated rings. The number of alkyl halides is 2. The molecule has 6 heteroatoms. The van der Waals surface area contributed by atoms with E-state index in [9.17, 15) is 18.4 Å². The van der Waals surface area contributed by atoms with E-state index in [1.807, 2.05) is 0 Å². The lowest BCUT2D eigenvalue weighted by Gasteiger charge is -2.11. The predicted molar refractivity (Wildman–Crippen MR) is 57.5 cm³/mol. The lowest BCUT2D eigenvalue weighted by Crippen LogP contribution is -2.13. The van der Waals surface area contributed by atoms with Gasteiger partial charge >= 0.3 is 5.97 Å². The molecule has 0 atom stereocenters. The van der Waals surface area contributed by atoms with E-state index in [1.165, 1.54) is 6.92 Å². The van der Waals surface area contributed by atoms with Gasteiger partial charge in [-0.25, -0.2) is 13.6 Å². The molecule has 0 radical (unpaired) electrons. The van der Waals surface area contributed by atoms with Crippen LogP contribution in [0.25, 0.3) is 0 Å². The molecule has 0 unspecified atom stereocenters. The third kappa shape index (κ3) is 2.51. The number of nitriles is 1. The van der Waals surface area contributed by atoms with Crippen LogP contribution < -0.4 is 0 Å². The molecule has 1 aromatic rings. The molecule has 0 aliphatic rings. The number of halogens is 2. The van der Waals surface area contributed by atoms with Gasteiger partial charge in [-0.3, -0.25) is 4.79 Å². The fraction of sp³-hybridized carbons (Fsp3) is 0.250. The minimum absolute atomic E-state index is 0.0162. The number of carbonyl (C=O) groups is 2. The maximum absolute atomic E-state index is 12.9. The van der Waals surface area contributed by atoms with E-state index in [2.05, 4.69) is 4.74 Å². The Balaban J connectivity index is 3.56. The number of hydrogen-bond donors (Lipinski definition) is 0. The van der Waals surface area contributed by atoms with Gasteiger partial charge in [0.2, 0.25) is 0 Å². The van der Waals surface area contributed by atoms with Crippen molar-refractivity contribution in [3.63, 3.8) is 0 Å². The summed E-state index contributed by atoms with van der Waals surface area (Å²) in [6, 6.07) is 3.85. The van der Waals surface area contributed by atoms with Crippen molar-refractivity contribution in [1.82, 2.24) is 0 Å². The summed E-state index contributed by atoms with van der Waals surface area (Å²) in [5, 5.41) is 8.81. The topological polar surface area (TPSA) is 67.2 Å². The fourth-order valence-corrected chi connectivity index (χ4v) is 1.49. The lowest BCUT2D eigenvalue weighted by atomic mass is 9.97. The Morgan fingerprint density at radius 2 is 2.22 bits per heavy atom. The largest absolute Gasteiger partial charge is 0.462 e. The summed E-state index contributed by atoms with van der Waals surface area (Å²) in [7, 11) is 0. The summed E-state index contributed by atoms with van der Waals surface area (Å²) in [4.78, 5) is 22.3. The Kier molecular flexibility index (Phi) is 4.49. The number of carbonyl (C=O) groups excluding carboxylic acids is 2. The first-order valence-corrected chi connectivity index (χ1v) is 5.04. The van der Waals surface area contributed by atoms with Crippen LogP contribution in [0.5, 0.6) is 0 Å². The molecular weight excluding hydrogens is 244 g/mol. The first kappa shape index (κ1) is 13.8. The first-order valence-electron chi connectivity index (χ1n) is 5.04. The van der Waals surface area contributed by atoms with E-state index in [-0.39, 0.29) is 24.0 Å². The Bertz CT molecular complexity index is 521. The summed E-state index contributed by atoms with van der Waals surface area (Å²) in [6.07, 6.45) is -2.83. The quantitative estimate of drug-likeness (QED) is 0.610. The minimum atomic E-state index is -3.04. The number of esters is 1. The van der Waals surface area contributed by atoms with Crippen molar-refractivity contribution < 1.29 is 23.1 Å². The summed E-state index contributed by atoms with van der Waals surface area (Å²) in [5.74, 6) is -1.03.